The quantitative estimate of drug-likeness (QED) is 0.681. The molecule has 1 aromatic carbocycles. The summed E-state index contributed by atoms with van der Waals surface area (Å²) in [7, 11) is 1.93. The molecule has 1 aliphatic carbocycles. The molecule has 0 saturated heterocycles. The minimum atomic E-state index is 0.165. The Hall–Kier alpha value is -2.10. The van der Waals surface area contributed by atoms with Crippen LogP contribution in [0.5, 0.6) is 0 Å². The third-order valence-electron chi connectivity index (χ3n) is 4.74. The van der Waals surface area contributed by atoms with Crippen molar-refractivity contribution in [2.24, 2.45) is 13.0 Å². The van der Waals surface area contributed by atoms with Gasteiger partial charge in [0.15, 0.2) is 0 Å². The van der Waals surface area contributed by atoms with Crippen LogP contribution in [0.1, 0.15) is 36.9 Å². The lowest BCUT2D eigenvalue weighted by atomic mass is 9.88. The molecule has 0 spiro atoms. The van der Waals surface area contributed by atoms with Crippen LogP contribution in [0.3, 0.4) is 0 Å². The fourth-order valence-corrected chi connectivity index (χ4v) is 3.67. The average molecular weight is 281 g/mol. The summed E-state index contributed by atoms with van der Waals surface area (Å²) in [4.78, 5) is 13.0. The molecular weight excluding hydrogens is 262 g/mol. The van der Waals surface area contributed by atoms with Crippen molar-refractivity contribution in [3.05, 3.63) is 30.5 Å². The highest BCUT2D eigenvalue weighted by Crippen LogP contribution is 2.32. The zero-order valence-electron chi connectivity index (χ0n) is 12.2. The van der Waals surface area contributed by atoms with E-state index in [0.29, 0.717) is 0 Å². The smallest absolute Gasteiger partial charge is 0.234 e. The van der Waals surface area contributed by atoms with Gasteiger partial charge in [0.1, 0.15) is 0 Å². The second-order valence-corrected chi connectivity index (χ2v) is 6.03. The molecule has 1 fully saturated rings. The third kappa shape index (κ3) is 1.82. The minimum absolute atomic E-state index is 0.165. The van der Waals surface area contributed by atoms with Gasteiger partial charge in [0.05, 0.1) is 22.7 Å². The monoisotopic (exact) mass is 281 g/mol. The summed E-state index contributed by atoms with van der Waals surface area (Å²) < 4.78 is 3.76. The van der Waals surface area contributed by atoms with Crippen molar-refractivity contribution in [2.75, 3.05) is 0 Å². The van der Waals surface area contributed by atoms with Gasteiger partial charge in [-0.05, 0) is 18.9 Å². The van der Waals surface area contributed by atoms with Gasteiger partial charge in [0, 0.05) is 18.4 Å². The van der Waals surface area contributed by atoms with Crippen molar-refractivity contribution in [2.45, 2.75) is 32.1 Å². The van der Waals surface area contributed by atoms with Gasteiger partial charge in [0.2, 0.25) is 5.91 Å². The standard InChI is InChI=1S/C17H19N3O/c1-19-16-13-9-5-6-10-14(13)20(15(16)11-18-19)17(21)12-7-3-2-4-8-12/h5-6,9-12H,2-4,7-8H2,1H3. The number of hydrogen-bond acceptors (Lipinski definition) is 2. The number of fused-ring (bicyclic) bond motifs is 3. The Labute approximate surface area is 123 Å². The maximum absolute atomic E-state index is 13.0. The predicted molar refractivity (Wildman–Crippen MR) is 83.4 cm³/mol. The molecule has 0 amide bonds. The van der Waals surface area contributed by atoms with Crippen LogP contribution >= 0.6 is 0 Å². The lowest BCUT2D eigenvalue weighted by Gasteiger charge is -2.21. The predicted octanol–water partition coefficient (Wildman–Crippen LogP) is 3.75. The van der Waals surface area contributed by atoms with Crippen molar-refractivity contribution in [1.29, 1.82) is 0 Å². The fourth-order valence-electron chi connectivity index (χ4n) is 3.67. The number of aryl methyl sites for hydroxylation is 1. The number of para-hydroxylation sites is 1. The highest BCUT2D eigenvalue weighted by Gasteiger charge is 2.26. The van der Waals surface area contributed by atoms with E-state index in [1.165, 1.54) is 19.3 Å². The molecule has 4 heteroatoms. The van der Waals surface area contributed by atoms with Gasteiger partial charge in [0.25, 0.3) is 0 Å². The number of rotatable bonds is 1. The first-order chi connectivity index (χ1) is 10.3. The number of carbonyl (C=O) groups is 1. The number of nitrogens with zero attached hydrogens (tertiary/aromatic N) is 3. The average Bonchev–Trinajstić information content (AvgIpc) is 3.06. The van der Waals surface area contributed by atoms with Crippen LogP contribution in [0.15, 0.2) is 30.5 Å². The number of aromatic nitrogens is 3. The van der Waals surface area contributed by atoms with E-state index in [1.807, 2.05) is 40.7 Å². The molecule has 4 nitrogen and oxygen atoms in total. The van der Waals surface area contributed by atoms with E-state index in [0.717, 1.165) is 34.8 Å². The first kappa shape index (κ1) is 12.6. The zero-order valence-corrected chi connectivity index (χ0v) is 12.2. The lowest BCUT2D eigenvalue weighted by molar-refractivity contribution is 0.0812. The van der Waals surface area contributed by atoms with Gasteiger partial charge < -0.3 is 0 Å². The van der Waals surface area contributed by atoms with E-state index in [1.54, 1.807) is 0 Å². The molecule has 1 saturated carbocycles. The molecule has 108 valence electrons. The van der Waals surface area contributed by atoms with E-state index < -0.39 is 0 Å². The second kappa shape index (κ2) is 4.72. The molecule has 0 unspecified atom stereocenters. The van der Waals surface area contributed by atoms with E-state index in [9.17, 15) is 4.79 Å². The summed E-state index contributed by atoms with van der Waals surface area (Å²) in [5.41, 5.74) is 3.00. The van der Waals surface area contributed by atoms with Gasteiger partial charge >= 0.3 is 0 Å². The normalized spacial score (nSPS) is 16.8. The second-order valence-electron chi connectivity index (χ2n) is 6.03. The van der Waals surface area contributed by atoms with Crippen molar-refractivity contribution in [3.8, 4) is 0 Å². The summed E-state index contributed by atoms with van der Waals surface area (Å²) in [6.45, 7) is 0. The van der Waals surface area contributed by atoms with Crippen molar-refractivity contribution >= 4 is 27.8 Å². The largest absolute Gasteiger partial charge is 0.276 e. The Morgan fingerprint density at radius 3 is 2.71 bits per heavy atom. The Morgan fingerprint density at radius 1 is 1.14 bits per heavy atom. The van der Waals surface area contributed by atoms with E-state index in [4.69, 9.17) is 0 Å². The van der Waals surface area contributed by atoms with E-state index in [2.05, 4.69) is 11.2 Å². The first-order valence-electron chi connectivity index (χ1n) is 7.73. The highest BCUT2D eigenvalue weighted by molar-refractivity contribution is 6.12. The van der Waals surface area contributed by atoms with Gasteiger partial charge in [-0.25, -0.2) is 0 Å². The molecule has 0 atom stereocenters. The number of benzene rings is 1. The van der Waals surface area contributed by atoms with Crippen LogP contribution in [0.25, 0.3) is 21.9 Å². The van der Waals surface area contributed by atoms with Gasteiger partial charge in [-0.15, -0.1) is 0 Å². The van der Waals surface area contributed by atoms with Crippen LogP contribution in [0.2, 0.25) is 0 Å². The van der Waals surface area contributed by atoms with Crippen LogP contribution in [-0.2, 0) is 7.05 Å². The van der Waals surface area contributed by atoms with Crippen LogP contribution in [0, 0.1) is 5.92 Å². The van der Waals surface area contributed by atoms with Crippen LogP contribution in [0.4, 0.5) is 0 Å². The molecule has 4 rings (SSSR count). The van der Waals surface area contributed by atoms with Crippen molar-refractivity contribution in [1.82, 2.24) is 14.3 Å². The Kier molecular flexibility index (Phi) is 2.84. The lowest BCUT2D eigenvalue weighted by Crippen LogP contribution is -2.23. The van der Waals surface area contributed by atoms with Gasteiger partial charge in [-0.1, -0.05) is 37.5 Å². The van der Waals surface area contributed by atoms with E-state index in [-0.39, 0.29) is 11.8 Å². The summed E-state index contributed by atoms with van der Waals surface area (Å²) in [5, 5.41) is 5.45. The third-order valence-corrected chi connectivity index (χ3v) is 4.74. The van der Waals surface area contributed by atoms with E-state index >= 15 is 0 Å². The molecule has 0 radical (unpaired) electrons. The molecule has 0 N–H and O–H groups in total. The SMILES string of the molecule is Cn1ncc2c1c1ccccc1n2C(=O)C1CCCCC1. The summed E-state index contributed by atoms with van der Waals surface area (Å²) in [6, 6.07) is 8.13. The molecular formula is C17H19N3O. The highest BCUT2D eigenvalue weighted by atomic mass is 16.2. The molecule has 1 aliphatic rings. The van der Waals surface area contributed by atoms with Gasteiger partial charge in [-0.3, -0.25) is 14.0 Å². The first-order valence-corrected chi connectivity index (χ1v) is 7.73. The molecule has 21 heavy (non-hydrogen) atoms. The summed E-state index contributed by atoms with van der Waals surface area (Å²) >= 11 is 0. The Morgan fingerprint density at radius 2 is 1.90 bits per heavy atom. The zero-order chi connectivity index (χ0) is 14.4. The number of hydrogen-bond donors (Lipinski definition) is 0. The maximum atomic E-state index is 13.0. The Bertz CT molecular complexity index is 821. The molecule has 3 aromatic rings. The molecule has 2 aromatic heterocycles. The van der Waals surface area contributed by atoms with Crippen LogP contribution in [-0.4, -0.2) is 20.3 Å². The minimum Gasteiger partial charge on any atom is -0.276 e. The summed E-state index contributed by atoms with van der Waals surface area (Å²) in [6.07, 6.45) is 7.46. The van der Waals surface area contributed by atoms with Crippen LogP contribution < -0.4 is 0 Å². The van der Waals surface area contributed by atoms with Gasteiger partial charge in [-0.2, -0.15) is 5.10 Å². The topological polar surface area (TPSA) is 39.8 Å². The molecule has 2 heterocycles. The Balaban J connectivity index is 1.95. The van der Waals surface area contributed by atoms with Crippen molar-refractivity contribution < 1.29 is 4.79 Å². The van der Waals surface area contributed by atoms with Crippen molar-refractivity contribution in [3.63, 3.8) is 0 Å². The number of carbonyl (C=O) groups excluding carboxylic acids is 1. The molecule has 0 aliphatic heterocycles. The molecule has 0 bridgehead atoms. The summed E-state index contributed by atoms with van der Waals surface area (Å²) in [5.74, 6) is 0.409. The fraction of sp³-hybridized carbons (Fsp3) is 0.412. The maximum Gasteiger partial charge on any atom is 0.234 e.